The van der Waals surface area contributed by atoms with Crippen molar-refractivity contribution in [3.63, 3.8) is 0 Å². The summed E-state index contributed by atoms with van der Waals surface area (Å²) in [5.74, 6) is -0.679. The molecule has 5 rings (SSSR count). The maximum Gasteiger partial charge on any atom is 0.221 e. The van der Waals surface area contributed by atoms with Crippen LogP contribution >= 0.6 is 0 Å². The number of nitrogens with two attached hydrogens (primary N) is 1. The first-order chi connectivity index (χ1) is 15.2. The van der Waals surface area contributed by atoms with Gasteiger partial charge in [-0.1, -0.05) is 18.2 Å². The minimum absolute atomic E-state index is 0.0150. The second-order valence-electron chi connectivity index (χ2n) is 9.83. The van der Waals surface area contributed by atoms with E-state index in [1.54, 1.807) is 0 Å². The second kappa shape index (κ2) is 7.71. The van der Waals surface area contributed by atoms with Gasteiger partial charge in [0.15, 0.2) is 0 Å². The minimum Gasteiger partial charge on any atom is -0.390 e. The maximum atomic E-state index is 15.8. The topological polar surface area (TPSA) is 91.1 Å². The number of aliphatic hydroxyl groups is 1. The fourth-order valence-electron chi connectivity index (χ4n) is 5.60. The molecular weight excluding hydrogens is 405 g/mol. The van der Waals surface area contributed by atoms with Crippen molar-refractivity contribution in [2.45, 2.75) is 58.1 Å². The largest absolute Gasteiger partial charge is 0.390 e. The van der Waals surface area contributed by atoms with Crippen LogP contribution in [0, 0.1) is 11.7 Å². The molecule has 1 amide bonds. The van der Waals surface area contributed by atoms with E-state index in [0.29, 0.717) is 17.5 Å². The molecule has 1 atom stereocenters. The Morgan fingerprint density at radius 3 is 2.84 bits per heavy atom. The third-order valence-electron chi connectivity index (χ3n) is 7.27. The van der Waals surface area contributed by atoms with Crippen LogP contribution in [0.1, 0.15) is 48.2 Å². The fraction of sp³-hybridized carbons (Fsp3) is 0.423. The van der Waals surface area contributed by atoms with Gasteiger partial charge in [0.2, 0.25) is 5.91 Å². The molecule has 0 spiro atoms. The molecule has 1 aliphatic carbocycles. The predicted molar refractivity (Wildman–Crippen MR) is 124 cm³/mol. The number of carbonyl (C=O) groups is 1. The zero-order chi connectivity index (χ0) is 22.6. The highest BCUT2D eigenvalue weighted by Gasteiger charge is 2.34. The highest BCUT2D eigenvalue weighted by atomic mass is 19.1. The first-order valence-corrected chi connectivity index (χ1v) is 11.4. The summed E-state index contributed by atoms with van der Waals surface area (Å²) in [5, 5.41) is 14.8. The lowest BCUT2D eigenvalue weighted by Crippen LogP contribution is -2.34. The first kappa shape index (κ1) is 21.2. The lowest BCUT2D eigenvalue weighted by Gasteiger charge is -2.32. The zero-order valence-corrected chi connectivity index (χ0v) is 18.6. The molecule has 5 nitrogen and oxygen atoms in total. The van der Waals surface area contributed by atoms with E-state index in [2.05, 4.69) is 16.4 Å². The van der Waals surface area contributed by atoms with E-state index in [1.165, 1.54) is 17.2 Å². The number of halogens is 1. The Kier molecular flexibility index (Phi) is 5.10. The molecule has 2 aromatic carbocycles. The Balaban J connectivity index is 1.77. The van der Waals surface area contributed by atoms with Gasteiger partial charge in [0.25, 0.3) is 0 Å². The summed E-state index contributed by atoms with van der Waals surface area (Å²) in [6.07, 6.45) is 3.12. The lowest BCUT2D eigenvalue weighted by molar-refractivity contribution is -0.117. The maximum absolute atomic E-state index is 15.8. The van der Waals surface area contributed by atoms with Crippen molar-refractivity contribution in [3.8, 4) is 11.1 Å². The third-order valence-corrected chi connectivity index (χ3v) is 7.27. The van der Waals surface area contributed by atoms with E-state index in [0.717, 1.165) is 60.1 Å². The van der Waals surface area contributed by atoms with Crippen molar-refractivity contribution >= 4 is 16.8 Å². The number of primary amides is 1. The number of nitrogens with one attached hydrogen (secondary N) is 2. The van der Waals surface area contributed by atoms with Crippen LogP contribution in [0.2, 0.25) is 0 Å². The molecule has 3 aromatic rings. The monoisotopic (exact) mass is 435 g/mol. The third kappa shape index (κ3) is 3.51. The van der Waals surface area contributed by atoms with Gasteiger partial charge in [0.05, 0.1) is 17.5 Å². The number of carbonyl (C=O) groups excluding carboxylic acids is 1. The Bertz CT molecular complexity index is 1220. The minimum atomic E-state index is -0.787. The lowest BCUT2D eigenvalue weighted by atomic mass is 9.77. The van der Waals surface area contributed by atoms with E-state index >= 15 is 4.39 Å². The van der Waals surface area contributed by atoms with Crippen LogP contribution in [0.25, 0.3) is 22.0 Å². The van der Waals surface area contributed by atoms with Gasteiger partial charge in [-0.25, -0.2) is 4.39 Å². The number of aryl methyl sites for hydroxylation is 1. The Labute approximate surface area is 187 Å². The molecular formula is C26H30FN3O2. The SMILES string of the molecule is CC(C)(O)[C@H]1CCc2c([nH]c3c(CC(N)=O)cc(F)c(-c4cccc5c4CCNC5)c23)C1. The van der Waals surface area contributed by atoms with Crippen molar-refractivity contribution in [2.75, 3.05) is 6.54 Å². The van der Waals surface area contributed by atoms with Crippen LogP contribution in [0.4, 0.5) is 4.39 Å². The average molecular weight is 436 g/mol. The smallest absolute Gasteiger partial charge is 0.221 e. The molecule has 2 heterocycles. The summed E-state index contributed by atoms with van der Waals surface area (Å²) in [7, 11) is 0. The van der Waals surface area contributed by atoms with E-state index < -0.39 is 11.5 Å². The van der Waals surface area contributed by atoms with Gasteiger partial charge in [-0.05, 0) is 85.9 Å². The Morgan fingerprint density at radius 2 is 2.09 bits per heavy atom. The summed E-state index contributed by atoms with van der Waals surface area (Å²) in [5.41, 5.74) is 12.2. The Morgan fingerprint density at radius 1 is 1.28 bits per heavy atom. The molecule has 0 radical (unpaired) electrons. The van der Waals surface area contributed by atoms with Crippen molar-refractivity contribution < 1.29 is 14.3 Å². The summed E-state index contributed by atoms with van der Waals surface area (Å²) in [6, 6.07) is 7.57. The number of rotatable bonds is 4. The second-order valence-corrected chi connectivity index (χ2v) is 9.83. The molecule has 2 aliphatic rings. The van der Waals surface area contributed by atoms with E-state index in [1.807, 2.05) is 26.0 Å². The van der Waals surface area contributed by atoms with Gasteiger partial charge >= 0.3 is 0 Å². The fourth-order valence-corrected chi connectivity index (χ4v) is 5.60. The number of H-pyrrole nitrogens is 1. The number of fused-ring (bicyclic) bond motifs is 4. The van der Waals surface area contributed by atoms with Crippen LogP contribution in [0.5, 0.6) is 0 Å². The van der Waals surface area contributed by atoms with Crippen LogP contribution in [-0.2, 0) is 37.0 Å². The number of hydrogen-bond donors (Lipinski definition) is 4. The van der Waals surface area contributed by atoms with Gasteiger partial charge in [0, 0.05) is 23.2 Å². The molecule has 0 fully saturated rings. The van der Waals surface area contributed by atoms with Gasteiger partial charge in [-0.3, -0.25) is 4.79 Å². The molecule has 0 saturated heterocycles. The van der Waals surface area contributed by atoms with Crippen molar-refractivity contribution in [3.05, 3.63) is 58.0 Å². The van der Waals surface area contributed by atoms with Crippen LogP contribution in [0.15, 0.2) is 24.3 Å². The van der Waals surface area contributed by atoms with Gasteiger partial charge in [-0.2, -0.15) is 0 Å². The normalized spacial score (nSPS) is 18.4. The van der Waals surface area contributed by atoms with Gasteiger partial charge in [-0.15, -0.1) is 0 Å². The number of amides is 1. The molecule has 5 N–H and O–H groups in total. The quantitative estimate of drug-likeness (QED) is 0.505. The first-order valence-electron chi connectivity index (χ1n) is 11.4. The standard InChI is InChI=1S/C26H30FN3O2/c1-26(2,32)16-6-7-19-21(12-16)30-25-15(11-22(28)31)10-20(27)23(24(19)25)18-5-3-4-14-13-29-9-8-17(14)18/h3-5,10,16,29-30,32H,6-9,11-13H2,1-2H3,(H2,28,31)/t16-/m0/s1. The molecule has 0 bridgehead atoms. The molecule has 6 heteroatoms. The number of hydrogen-bond acceptors (Lipinski definition) is 3. The molecule has 32 heavy (non-hydrogen) atoms. The summed E-state index contributed by atoms with van der Waals surface area (Å²) in [6.45, 7) is 5.34. The zero-order valence-electron chi connectivity index (χ0n) is 18.6. The molecule has 1 aromatic heterocycles. The van der Waals surface area contributed by atoms with E-state index in [-0.39, 0.29) is 18.2 Å². The van der Waals surface area contributed by atoms with Gasteiger partial charge < -0.3 is 21.1 Å². The van der Waals surface area contributed by atoms with Crippen molar-refractivity contribution in [1.82, 2.24) is 10.3 Å². The molecule has 0 saturated carbocycles. The number of aromatic amines is 1. The Hall–Kier alpha value is -2.70. The molecule has 1 aliphatic heterocycles. The summed E-state index contributed by atoms with van der Waals surface area (Å²) >= 11 is 0. The van der Waals surface area contributed by atoms with Crippen LogP contribution in [-0.4, -0.2) is 28.1 Å². The van der Waals surface area contributed by atoms with E-state index in [4.69, 9.17) is 5.73 Å². The number of aromatic nitrogens is 1. The van der Waals surface area contributed by atoms with E-state index in [9.17, 15) is 9.90 Å². The highest BCUT2D eigenvalue weighted by molar-refractivity contribution is 6.02. The van der Waals surface area contributed by atoms with Crippen LogP contribution in [0.3, 0.4) is 0 Å². The summed E-state index contributed by atoms with van der Waals surface area (Å²) < 4.78 is 15.8. The highest BCUT2D eigenvalue weighted by Crippen LogP contribution is 2.43. The van der Waals surface area contributed by atoms with Gasteiger partial charge in [0.1, 0.15) is 5.82 Å². The summed E-state index contributed by atoms with van der Waals surface area (Å²) in [4.78, 5) is 15.3. The van der Waals surface area contributed by atoms with Crippen molar-refractivity contribution in [1.29, 1.82) is 0 Å². The number of benzene rings is 2. The van der Waals surface area contributed by atoms with Crippen molar-refractivity contribution in [2.24, 2.45) is 11.7 Å². The van der Waals surface area contributed by atoms with Crippen LogP contribution < -0.4 is 11.1 Å². The average Bonchev–Trinajstić information content (AvgIpc) is 3.12. The molecule has 168 valence electrons. The predicted octanol–water partition coefficient (Wildman–Crippen LogP) is 3.52. The molecule has 0 unspecified atom stereocenters.